The Bertz CT molecular complexity index is 140. The second kappa shape index (κ2) is 4.57. The third kappa shape index (κ3) is 2.34. The van der Waals surface area contributed by atoms with Crippen molar-refractivity contribution in [1.29, 1.82) is 0 Å². The van der Waals surface area contributed by atoms with Crippen LogP contribution in [0.3, 0.4) is 0 Å². The molecule has 0 aromatic heterocycles. The Morgan fingerprint density at radius 1 is 1.73 bits per heavy atom. The molecule has 1 rings (SSSR count). The Morgan fingerprint density at radius 3 is 2.73 bits per heavy atom. The molecule has 1 aliphatic heterocycles. The van der Waals surface area contributed by atoms with Gasteiger partial charge in [-0.3, -0.25) is 4.90 Å². The number of halogens is 1. The molecule has 66 valence electrons. The Balaban J connectivity index is 0.000001000. The first-order valence-electron chi connectivity index (χ1n) is 3.70. The van der Waals surface area contributed by atoms with Gasteiger partial charge in [-0.05, 0) is 25.9 Å². The van der Waals surface area contributed by atoms with E-state index < -0.39 is 5.97 Å². The van der Waals surface area contributed by atoms with Crippen LogP contribution in [0.5, 0.6) is 0 Å². The van der Waals surface area contributed by atoms with E-state index in [0.717, 1.165) is 25.9 Å². The van der Waals surface area contributed by atoms with E-state index in [1.807, 2.05) is 11.8 Å². The van der Waals surface area contributed by atoms with Crippen molar-refractivity contribution in [2.24, 2.45) is 0 Å². The fourth-order valence-corrected chi connectivity index (χ4v) is 1.47. The SMILES string of the molecule is CCN1CCCC1C(=O)[O-].Cl. The van der Waals surface area contributed by atoms with Gasteiger partial charge >= 0.3 is 0 Å². The van der Waals surface area contributed by atoms with Crippen molar-refractivity contribution in [3.8, 4) is 0 Å². The largest absolute Gasteiger partial charge is 0.548 e. The van der Waals surface area contributed by atoms with Gasteiger partial charge in [0.15, 0.2) is 0 Å². The zero-order valence-electron chi connectivity index (χ0n) is 6.58. The smallest absolute Gasteiger partial charge is 0.0586 e. The highest BCUT2D eigenvalue weighted by atomic mass is 35.5. The first-order chi connectivity index (χ1) is 4.75. The molecule has 0 amide bonds. The molecule has 0 bridgehead atoms. The molecule has 1 fully saturated rings. The molecule has 1 aliphatic rings. The highest BCUT2D eigenvalue weighted by Gasteiger charge is 2.23. The van der Waals surface area contributed by atoms with Crippen LogP contribution in [0.25, 0.3) is 0 Å². The molecule has 0 radical (unpaired) electrons. The molecular formula is C7H13ClNO2-. The predicted molar refractivity (Wildman–Crippen MR) is 42.5 cm³/mol. The fourth-order valence-electron chi connectivity index (χ4n) is 1.47. The van der Waals surface area contributed by atoms with Gasteiger partial charge in [-0.1, -0.05) is 6.92 Å². The summed E-state index contributed by atoms with van der Waals surface area (Å²) < 4.78 is 0. The number of carbonyl (C=O) groups is 1. The topological polar surface area (TPSA) is 43.4 Å². The molecule has 1 heterocycles. The molecule has 1 atom stereocenters. The highest BCUT2D eigenvalue weighted by Crippen LogP contribution is 2.15. The summed E-state index contributed by atoms with van der Waals surface area (Å²) in [5.41, 5.74) is 0. The van der Waals surface area contributed by atoms with Gasteiger partial charge < -0.3 is 9.90 Å². The van der Waals surface area contributed by atoms with Crippen LogP contribution in [-0.2, 0) is 4.79 Å². The summed E-state index contributed by atoms with van der Waals surface area (Å²) in [6.07, 6.45) is 1.75. The standard InChI is InChI=1S/C7H13NO2.ClH/c1-2-8-5-3-4-6(8)7(9)10;/h6H,2-5H2,1H3,(H,9,10);1H/p-1. The number of carboxylic acid groups (broad SMARTS) is 1. The summed E-state index contributed by atoms with van der Waals surface area (Å²) in [5, 5.41) is 10.4. The van der Waals surface area contributed by atoms with E-state index in [4.69, 9.17) is 0 Å². The molecule has 1 unspecified atom stereocenters. The number of carbonyl (C=O) groups excluding carboxylic acids is 1. The zero-order chi connectivity index (χ0) is 7.56. The second-order valence-corrected chi connectivity index (χ2v) is 2.61. The molecule has 3 nitrogen and oxygen atoms in total. The van der Waals surface area contributed by atoms with Crippen molar-refractivity contribution in [3.63, 3.8) is 0 Å². The van der Waals surface area contributed by atoms with E-state index in [1.54, 1.807) is 0 Å². The van der Waals surface area contributed by atoms with Gasteiger partial charge in [0.25, 0.3) is 0 Å². The van der Waals surface area contributed by atoms with Crippen molar-refractivity contribution < 1.29 is 9.90 Å². The lowest BCUT2D eigenvalue weighted by Gasteiger charge is -2.22. The van der Waals surface area contributed by atoms with Crippen LogP contribution in [-0.4, -0.2) is 30.0 Å². The fraction of sp³-hybridized carbons (Fsp3) is 0.857. The predicted octanol–water partition coefficient (Wildman–Crippen LogP) is -0.358. The van der Waals surface area contributed by atoms with Crippen LogP contribution in [0.2, 0.25) is 0 Å². The van der Waals surface area contributed by atoms with E-state index >= 15 is 0 Å². The molecule has 0 spiro atoms. The van der Waals surface area contributed by atoms with Crippen LogP contribution in [0, 0.1) is 0 Å². The lowest BCUT2D eigenvalue weighted by atomic mass is 10.2. The van der Waals surface area contributed by atoms with Gasteiger partial charge in [-0.25, -0.2) is 0 Å². The van der Waals surface area contributed by atoms with Gasteiger partial charge in [-0.2, -0.15) is 0 Å². The Morgan fingerprint density at radius 2 is 2.36 bits per heavy atom. The molecule has 0 aromatic carbocycles. The van der Waals surface area contributed by atoms with Gasteiger partial charge in [0.05, 0.1) is 5.97 Å². The normalized spacial score (nSPS) is 24.6. The van der Waals surface area contributed by atoms with E-state index in [0.29, 0.717) is 0 Å². The van der Waals surface area contributed by atoms with Crippen LogP contribution in [0.1, 0.15) is 19.8 Å². The first kappa shape index (κ1) is 10.7. The van der Waals surface area contributed by atoms with Crippen LogP contribution in [0.15, 0.2) is 0 Å². The molecular weight excluding hydrogens is 166 g/mol. The van der Waals surface area contributed by atoms with E-state index in [-0.39, 0.29) is 18.4 Å². The average Bonchev–Trinajstić information content (AvgIpc) is 2.33. The van der Waals surface area contributed by atoms with Gasteiger partial charge in [0.1, 0.15) is 0 Å². The monoisotopic (exact) mass is 178 g/mol. The van der Waals surface area contributed by atoms with Crippen molar-refractivity contribution in [2.75, 3.05) is 13.1 Å². The van der Waals surface area contributed by atoms with E-state index in [2.05, 4.69) is 0 Å². The number of carboxylic acids is 1. The van der Waals surface area contributed by atoms with Crippen molar-refractivity contribution >= 4 is 18.4 Å². The van der Waals surface area contributed by atoms with E-state index in [1.165, 1.54) is 0 Å². The summed E-state index contributed by atoms with van der Waals surface area (Å²) in [6.45, 7) is 3.70. The molecule has 0 aliphatic carbocycles. The minimum absolute atomic E-state index is 0. The average molecular weight is 179 g/mol. The van der Waals surface area contributed by atoms with Crippen molar-refractivity contribution in [2.45, 2.75) is 25.8 Å². The van der Waals surface area contributed by atoms with Crippen molar-refractivity contribution in [3.05, 3.63) is 0 Å². The van der Waals surface area contributed by atoms with Crippen molar-refractivity contribution in [1.82, 2.24) is 4.90 Å². The van der Waals surface area contributed by atoms with Crippen LogP contribution in [0.4, 0.5) is 0 Å². The number of rotatable bonds is 2. The van der Waals surface area contributed by atoms with E-state index in [9.17, 15) is 9.90 Å². The molecule has 0 saturated carbocycles. The Labute approximate surface area is 72.8 Å². The summed E-state index contributed by atoms with van der Waals surface area (Å²) in [5.74, 6) is -0.917. The lowest BCUT2D eigenvalue weighted by molar-refractivity contribution is -0.310. The minimum atomic E-state index is -0.917. The number of hydrogen-bond acceptors (Lipinski definition) is 3. The molecule has 0 N–H and O–H groups in total. The molecule has 0 aromatic rings. The maximum absolute atomic E-state index is 10.4. The number of nitrogens with zero attached hydrogens (tertiary/aromatic N) is 1. The van der Waals surface area contributed by atoms with Crippen LogP contribution < -0.4 is 5.11 Å². The third-order valence-electron chi connectivity index (χ3n) is 2.04. The minimum Gasteiger partial charge on any atom is -0.548 e. The number of aliphatic carboxylic acids is 1. The maximum atomic E-state index is 10.4. The third-order valence-corrected chi connectivity index (χ3v) is 2.04. The highest BCUT2D eigenvalue weighted by molar-refractivity contribution is 5.85. The molecule has 4 heteroatoms. The molecule has 1 saturated heterocycles. The number of hydrogen-bond donors (Lipinski definition) is 0. The molecule has 11 heavy (non-hydrogen) atoms. The second-order valence-electron chi connectivity index (χ2n) is 2.61. The zero-order valence-corrected chi connectivity index (χ0v) is 7.39. The van der Waals surface area contributed by atoms with Crippen LogP contribution >= 0.6 is 12.4 Å². The summed E-state index contributed by atoms with van der Waals surface area (Å²) in [6, 6.07) is -0.315. The van der Waals surface area contributed by atoms with Gasteiger partial charge in [0, 0.05) is 6.04 Å². The van der Waals surface area contributed by atoms with Gasteiger partial charge in [-0.15, -0.1) is 12.4 Å². The Kier molecular flexibility index (Phi) is 4.45. The van der Waals surface area contributed by atoms with Gasteiger partial charge in [0.2, 0.25) is 0 Å². The quantitative estimate of drug-likeness (QED) is 0.580. The lowest BCUT2D eigenvalue weighted by Crippen LogP contribution is -2.44. The first-order valence-corrected chi connectivity index (χ1v) is 3.70. The Hall–Kier alpha value is -0.280. The summed E-state index contributed by atoms with van der Waals surface area (Å²) in [7, 11) is 0. The summed E-state index contributed by atoms with van der Waals surface area (Å²) in [4.78, 5) is 12.4. The number of likely N-dealkylation sites (N-methyl/N-ethyl adjacent to an activating group) is 1. The maximum Gasteiger partial charge on any atom is 0.0586 e. The summed E-state index contributed by atoms with van der Waals surface area (Å²) >= 11 is 0. The number of likely N-dealkylation sites (tertiary alicyclic amines) is 1.